The third kappa shape index (κ3) is 2.53. The molecule has 0 fully saturated rings. The molecule has 5 heteroatoms. The zero-order valence-electron chi connectivity index (χ0n) is 9.43. The van der Waals surface area contributed by atoms with Gasteiger partial charge in [-0.25, -0.2) is 0 Å². The summed E-state index contributed by atoms with van der Waals surface area (Å²) in [6.07, 6.45) is 0. The van der Waals surface area contributed by atoms with Crippen molar-refractivity contribution in [2.45, 2.75) is 0 Å². The summed E-state index contributed by atoms with van der Waals surface area (Å²) in [5.74, 6) is -1.08. The van der Waals surface area contributed by atoms with E-state index in [2.05, 4.69) is 0 Å². The molecule has 1 aromatic carbocycles. The van der Waals surface area contributed by atoms with Crippen LogP contribution < -0.4 is 9.47 Å². The number of benzene rings is 1. The summed E-state index contributed by atoms with van der Waals surface area (Å²) in [6, 6.07) is 7.84. The number of nitrogens with zero attached hydrogens (tertiary/aromatic N) is 2. The van der Waals surface area contributed by atoms with Gasteiger partial charge in [-0.15, -0.1) is 0 Å². The predicted octanol–water partition coefficient (Wildman–Crippen LogP) is 1.55. The lowest BCUT2D eigenvalue weighted by molar-refractivity contribution is 0.0968. The Morgan fingerprint density at radius 3 is 2.35 bits per heavy atom. The molecule has 0 aliphatic rings. The van der Waals surface area contributed by atoms with E-state index in [1.54, 1.807) is 18.2 Å². The van der Waals surface area contributed by atoms with E-state index >= 15 is 0 Å². The molecule has 0 saturated heterocycles. The number of ether oxygens (including phenoxy) is 2. The van der Waals surface area contributed by atoms with Gasteiger partial charge in [0.15, 0.2) is 11.7 Å². The highest BCUT2D eigenvalue weighted by atomic mass is 16.5. The molecule has 86 valence electrons. The van der Waals surface area contributed by atoms with Crippen LogP contribution in [-0.2, 0) is 0 Å². The van der Waals surface area contributed by atoms with Crippen LogP contribution in [0.25, 0.3) is 0 Å². The van der Waals surface area contributed by atoms with E-state index in [1.165, 1.54) is 26.4 Å². The lowest BCUT2D eigenvalue weighted by Crippen LogP contribution is -2.12. The lowest BCUT2D eigenvalue weighted by atomic mass is 9.99. The quantitative estimate of drug-likeness (QED) is 0.733. The first kappa shape index (κ1) is 12.5. The Bertz CT molecular complexity index is 497. The first-order chi connectivity index (χ1) is 8.17. The predicted molar refractivity (Wildman–Crippen MR) is 58.6 cm³/mol. The van der Waals surface area contributed by atoms with Gasteiger partial charge >= 0.3 is 0 Å². The Hall–Kier alpha value is -2.53. The van der Waals surface area contributed by atoms with Crippen LogP contribution in [0.5, 0.6) is 11.5 Å². The van der Waals surface area contributed by atoms with Crippen LogP contribution in [0.2, 0.25) is 0 Å². The average molecular weight is 230 g/mol. The number of ketones is 1. The van der Waals surface area contributed by atoms with Gasteiger partial charge in [0.2, 0.25) is 0 Å². The number of hydrogen-bond acceptors (Lipinski definition) is 5. The molecular weight excluding hydrogens is 220 g/mol. The minimum absolute atomic E-state index is 0.196. The fourth-order valence-corrected chi connectivity index (χ4v) is 1.30. The molecule has 0 aromatic heterocycles. The monoisotopic (exact) mass is 230 g/mol. The van der Waals surface area contributed by atoms with Crippen molar-refractivity contribution in [3.8, 4) is 23.6 Å². The normalized spacial score (nSPS) is 9.24. The van der Waals surface area contributed by atoms with Crippen LogP contribution in [0, 0.1) is 28.6 Å². The second-order valence-electron chi connectivity index (χ2n) is 3.12. The Morgan fingerprint density at radius 2 is 1.88 bits per heavy atom. The van der Waals surface area contributed by atoms with E-state index in [-0.39, 0.29) is 11.3 Å². The minimum atomic E-state index is -1.32. The maximum absolute atomic E-state index is 11.8. The number of nitriles is 2. The topological polar surface area (TPSA) is 83.1 Å². The molecule has 17 heavy (non-hydrogen) atoms. The van der Waals surface area contributed by atoms with Crippen molar-refractivity contribution in [3.05, 3.63) is 23.8 Å². The molecule has 0 heterocycles. The number of Topliss-reactive ketones (excluding diaryl/α,β-unsaturated/α-hetero) is 1. The standard InChI is InChI=1S/C12H10N2O3/c1-16-9-3-4-10(11(5-9)17-2)12(15)8(6-13)7-14/h3-5,8H,1-2H3. The number of carbonyl (C=O) groups is 1. The number of carbonyl (C=O) groups excluding carboxylic acids is 1. The minimum Gasteiger partial charge on any atom is -0.497 e. The van der Waals surface area contributed by atoms with Crippen LogP contribution >= 0.6 is 0 Å². The van der Waals surface area contributed by atoms with E-state index in [4.69, 9.17) is 20.0 Å². The van der Waals surface area contributed by atoms with Crippen molar-refractivity contribution >= 4 is 5.78 Å². The molecular formula is C12H10N2O3. The molecule has 0 aliphatic heterocycles. The Balaban J connectivity index is 3.19. The largest absolute Gasteiger partial charge is 0.497 e. The molecule has 0 radical (unpaired) electrons. The van der Waals surface area contributed by atoms with Gasteiger partial charge in [-0.05, 0) is 12.1 Å². The molecule has 1 aromatic rings. The Kier molecular flexibility index (Phi) is 4.08. The van der Waals surface area contributed by atoms with Crippen LogP contribution in [0.3, 0.4) is 0 Å². The van der Waals surface area contributed by atoms with Crippen molar-refractivity contribution in [3.63, 3.8) is 0 Å². The van der Waals surface area contributed by atoms with Crippen LogP contribution in [0.15, 0.2) is 18.2 Å². The van der Waals surface area contributed by atoms with Gasteiger partial charge in [0, 0.05) is 6.07 Å². The highest BCUT2D eigenvalue weighted by molar-refractivity contribution is 6.03. The summed E-state index contributed by atoms with van der Waals surface area (Å²) < 4.78 is 10.0. The molecule has 0 bridgehead atoms. The zero-order valence-corrected chi connectivity index (χ0v) is 9.43. The number of methoxy groups -OCH3 is 2. The molecule has 0 amide bonds. The molecule has 0 N–H and O–H groups in total. The fourth-order valence-electron chi connectivity index (χ4n) is 1.30. The molecule has 5 nitrogen and oxygen atoms in total. The van der Waals surface area contributed by atoms with E-state index < -0.39 is 11.7 Å². The molecule has 0 spiro atoms. The maximum atomic E-state index is 11.8. The first-order valence-electron chi connectivity index (χ1n) is 4.73. The second-order valence-corrected chi connectivity index (χ2v) is 3.12. The van der Waals surface area contributed by atoms with Crippen molar-refractivity contribution in [1.29, 1.82) is 10.5 Å². The second kappa shape index (κ2) is 5.53. The zero-order chi connectivity index (χ0) is 12.8. The molecule has 0 unspecified atom stereocenters. The van der Waals surface area contributed by atoms with Gasteiger partial charge in [-0.2, -0.15) is 10.5 Å². The Labute approximate surface area is 98.8 Å². The molecule has 0 atom stereocenters. The lowest BCUT2D eigenvalue weighted by Gasteiger charge is -2.09. The van der Waals surface area contributed by atoms with Crippen LogP contribution in [-0.4, -0.2) is 20.0 Å². The summed E-state index contributed by atoms with van der Waals surface area (Å²) in [5, 5.41) is 17.3. The van der Waals surface area contributed by atoms with Gasteiger partial charge in [0.05, 0.1) is 31.9 Å². The summed E-state index contributed by atoms with van der Waals surface area (Å²) in [6.45, 7) is 0. The van der Waals surface area contributed by atoms with Gasteiger partial charge in [0.1, 0.15) is 11.5 Å². The van der Waals surface area contributed by atoms with Gasteiger partial charge < -0.3 is 9.47 Å². The number of rotatable bonds is 4. The highest BCUT2D eigenvalue weighted by Crippen LogP contribution is 2.26. The van der Waals surface area contributed by atoms with Gasteiger partial charge in [-0.3, -0.25) is 4.79 Å². The third-order valence-electron chi connectivity index (χ3n) is 2.19. The van der Waals surface area contributed by atoms with Crippen LogP contribution in [0.1, 0.15) is 10.4 Å². The Morgan fingerprint density at radius 1 is 1.24 bits per heavy atom. The van der Waals surface area contributed by atoms with Crippen LogP contribution in [0.4, 0.5) is 0 Å². The molecule has 0 aliphatic carbocycles. The average Bonchev–Trinajstić information content (AvgIpc) is 2.39. The van der Waals surface area contributed by atoms with Crippen molar-refractivity contribution in [1.82, 2.24) is 0 Å². The molecule has 0 saturated carbocycles. The van der Waals surface area contributed by atoms with Gasteiger partial charge in [0.25, 0.3) is 0 Å². The summed E-state index contributed by atoms with van der Waals surface area (Å²) >= 11 is 0. The van der Waals surface area contributed by atoms with E-state index in [1.807, 2.05) is 0 Å². The summed E-state index contributed by atoms with van der Waals surface area (Å²) in [5.41, 5.74) is 0.196. The summed E-state index contributed by atoms with van der Waals surface area (Å²) in [7, 11) is 2.89. The SMILES string of the molecule is COc1ccc(C(=O)C(C#N)C#N)c(OC)c1. The fraction of sp³-hybridized carbons (Fsp3) is 0.250. The smallest absolute Gasteiger partial charge is 0.198 e. The van der Waals surface area contributed by atoms with Gasteiger partial charge in [-0.1, -0.05) is 0 Å². The van der Waals surface area contributed by atoms with Crippen molar-refractivity contribution < 1.29 is 14.3 Å². The third-order valence-corrected chi connectivity index (χ3v) is 2.19. The van der Waals surface area contributed by atoms with E-state index in [9.17, 15) is 4.79 Å². The molecule has 1 rings (SSSR count). The van der Waals surface area contributed by atoms with E-state index in [0.717, 1.165) is 0 Å². The van der Waals surface area contributed by atoms with Crippen molar-refractivity contribution in [2.24, 2.45) is 5.92 Å². The summed E-state index contributed by atoms with van der Waals surface area (Å²) in [4.78, 5) is 11.8. The van der Waals surface area contributed by atoms with E-state index in [0.29, 0.717) is 5.75 Å². The maximum Gasteiger partial charge on any atom is 0.198 e. The highest BCUT2D eigenvalue weighted by Gasteiger charge is 2.22. The van der Waals surface area contributed by atoms with Crippen molar-refractivity contribution in [2.75, 3.05) is 14.2 Å². The number of hydrogen-bond donors (Lipinski definition) is 0. The first-order valence-corrected chi connectivity index (χ1v) is 4.73.